The van der Waals surface area contributed by atoms with Crippen LogP contribution in [0.25, 0.3) is 0 Å². The number of nitrogens with one attached hydrogen (secondary N) is 2. The fourth-order valence-corrected chi connectivity index (χ4v) is 3.03. The van der Waals surface area contributed by atoms with Gasteiger partial charge in [-0.15, -0.1) is 0 Å². The van der Waals surface area contributed by atoms with E-state index in [0.717, 1.165) is 28.6 Å². The third-order valence-corrected chi connectivity index (χ3v) is 4.89. The highest BCUT2D eigenvalue weighted by atomic mass is 79.9. The molecule has 1 aliphatic carbocycles. The Labute approximate surface area is 144 Å². The van der Waals surface area contributed by atoms with Gasteiger partial charge in [0.1, 0.15) is 0 Å². The number of anilines is 2. The number of aryl methyl sites for hydroxylation is 1. The van der Waals surface area contributed by atoms with Gasteiger partial charge < -0.3 is 10.6 Å². The van der Waals surface area contributed by atoms with Crippen molar-refractivity contribution in [3.8, 4) is 0 Å². The zero-order chi connectivity index (χ0) is 16.2. The predicted octanol–water partition coefficient (Wildman–Crippen LogP) is 4.15. The van der Waals surface area contributed by atoms with E-state index in [4.69, 9.17) is 0 Å². The number of amides is 1. The van der Waals surface area contributed by atoms with Gasteiger partial charge in [0.2, 0.25) is 5.95 Å². The molecule has 0 atom stereocenters. The highest BCUT2D eigenvalue weighted by molar-refractivity contribution is 9.10. The van der Waals surface area contributed by atoms with Crippen LogP contribution in [-0.2, 0) is 0 Å². The standard InChI is InChI=1S/C17H19BrN4O/c1-11-6-7-14(8-15(11)18)21-16(23)12-9-19-17(20-10-12)22-13-4-2-3-5-13/h6-10,13H,2-5H2,1H3,(H,21,23)(H,19,20,22). The van der Waals surface area contributed by atoms with E-state index in [-0.39, 0.29) is 5.91 Å². The third-order valence-electron chi connectivity index (χ3n) is 4.03. The Morgan fingerprint density at radius 3 is 2.57 bits per heavy atom. The van der Waals surface area contributed by atoms with Crippen LogP contribution in [0.1, 0.15) is 41.6 Å². The van der Waals surface area contributed by atoms with Gasteiger partial charge in [-0.3, -0.25) is 4.79 Å². The average molecular weight is 375 g/mol. The summed E-state index contributed by atoms with van der Waals surface area (Å²) in [6.45, 7) is 2.00. The molecule has 3 rings (SSSR count). The molecule has 2 N–H and O–H groups in total. The first-order chi connectivity index (χ1) is 11.1. The second-order valence-electron chi connectivity index (χ2n) is 5.84. The summed E-state index contributed by atoms with van der Waals surface area (Å²) in [5.41, 5.74) is 2.30. The van der Waals surface area contributed by atoms with Gasteiger partial charge in [0.15, 0.2) is 0 Å². The molecule has 1 aromatic carbocycles. The van der Waals surface area contributed by atoms with Crippen LogP contribution < -0.4 is 10.6 Å². The SMILES string of the molecule is Cc1ccc(NC(=O)c2cnc(NC3CCCC3)nc2)cc1Br. The topological polar surface area (TPSA) is 66.9 Å². The van der Waals surface area contributed by atoms with Gasteiger partial charge in [0.05, 0.1) is 5.56 Å². The van der Waals surface area contributed by atoms with Gasteiger partial charge in [-0.2, -0.15) is 0 Å². The van der Waals surface area contributed by atoms with Crippen LogP contribution >= 0.6 is 15.9 Å². The van der Waals surface area contributed by atoms with E-state index in [1.807, 2.05) is 25.1 Å². The van der Waals surface area contributed by atoms with E-state index >= 15 is 0 Å². The van der Waals surface area contributed by atoms with E-state index in [1.165, 1.54) is 12.8 Å². The third kappa shape index (κ3) is 4.07. The first-order valence-corrected chi connectivity index (χ1v) is 8.57. The summed E-state index contributed by atoms with van der Waals surface area (Å²) in [6.07, 6.45) is 7.95. The van der Waals surface area contributed by atoms with Crippen LogP contribution in [0.3, 0.4) is 0 Å². The molecule has 0 unspecified atom stereocenters. The van der Waals surface area contributed by atoms with Crippen molar-refractivity contribution in [1.82, 2.24) is 9.97 Å². The van der Waals surface area contributed by atoms with Crippen LogP contribution in [0.2, 0.25) is 0 Å². The molecule has 1 aliphatic rings. The highest BCUT2D eigenvalue weighted by Gasteiger charge is 2.16. The van der Waals surface area contributed by atoms with E-state index in [0.29, 0.717) is 17.6 Å². The molecule has 6 heteroatoms. The minimum atomic E-state index is -0.215. The lowest BCUT2D eigenvalue weighted by Gasteiger charge is -2.11. The van der Waals surface area contributed by atoms with Crippen LogP contribution in [0.5, 0.6) is 0 Å². The average Bonchev–Trinajstić information content (AvgIpc) is 3.04. The Kier molecular flexibility index (Phi) is 4.91. The van der Waals surface area contributed by atoms with E-state index < -0.39 is 0 Å². The molecular weight excluding hydrogens is 356 g/mol. The molecule has 120 valence electrons. The van der Waals surface area contributed by atoms with Crippen molar-refractivity contribution in [2.24, 2.45) is 0 Å². The fraction of sp³-hybridized carbons (Fsp3) is 0.353. The van der Waals surface area contributed by atoms with Gasteiger partial charge in [0, 0.05) is 28.6 Å². The maximum absolute atomic E-state index is 12.2. The lowest BCUT2D eigenvalue weighted by molar-refractivity contribution is 0.102. The monoisotopic (exact) mass is 374 g/mol. The van der Waals surface area contributed by atoms with E-state index in [2.05, 4.69) is 36.5 Å². The van der Waals surface area contributed by atoms with Crippen LogP contribution in [0, 0.1) is 6.92 Å². The fourth-order valence-electron chi connectivity index (χ4n) is 2.65. The summed E-state index contributed by atoms with van der Waals surface area (Å²) in [7, 11) is 0. The molecule has 1 saturated carbocycles. The molecule has 2 aromatic rings. The first kappa shape index (κ1) is 15.9. The van der Waals surface area contributed by atoms with Gasteiger partial charge in [0.25, 0.3) is 5.91 Å². The van der Waals surface area contributed by atoms with Crippen molar-refractivity contribution in [3.05, 3.63) is 46.2 Å². The molecule has 0 bridgehead atoms. The molecule has 0 aliphatic heterocycles. The summed E-state index contributed by atoms with van der Waals surface area (Å²) in [5.74, 6) is 0.375. The van der Waals surface area contributed by atoms with Crippen LogP contribution in [-0.4, -0.2) is 21.9 Å². The summed E-state index contributed by atoms with van der Waals surface area (Å²) >= 11 is 3.46. The van der Waals surface area contributed by atoms with Crippen LogP contribution in [0.4, 0.5) is 11.6 Å². The number of rotatable bonds is 4. The smallest absolute Gasteiger partial charge is 0.258 e. The zero-order valence-electron chi connectivity index (χ0n) is 13.0. The van der Waals surface area contributed by atoms with E-state index in [1.54, 1.807) is 12.4 Å². The number of halogens is 1. The molecular formula is C17H19BrN4O. The largest absolute Gasteiger partial charge is 0.351 e. The summed E-state index contributed by atoms with van der Waals surface area (Å²) in [4.78, 5) is 20.7. The number of carbonyl (C=O) groups is 1. The van der Waals surface area contributed by atoms with Crippen molar-refractivity contribution in [1.29, 1.82) is 0 Å². The summed E-state index contributed by atoms with van der Waals surface area (Å²) in [5, 5.41) is 6.16. The molecule has 1 amide bonds. The summed E-state index contributed by atoms with van der Waals surface area (Å²) in [6, 6.07) is 6.16. The number of aromatic nitrogens is 2. The van der Waals surface area contributed by atoms with Gasteiger partial charge >= 0.3 is 0 Å². The molecule has 23 heavy (non-hydrogen) atoms. The number of nitrogens with zero attached hydrogens (tertiary/aromatic N) is 2. The highest BCUT2D eigenvalue weighted by Crippen LogP contribution is 2.22. The minimum absolute atomic E-state index is 0.215. The number of benzene rings is 1. The van der Waals surface area contributed by atoms with Gasteiger partial charge in [-0.25, -0.2) is 9.97 Å². The number of carbonyl (C=O) groups excluding carboxylic acids is 1. The van der Waals surface area contributed by atoms with Gasteiger partial charge in [-0.05, 0) is 37.5 Å². The Balaban J connectivity index is 1.63. The predicted molar refractivity (Wildman–Crippen MR) is 94.7 cm³/mol. The first-order valence-electron chi connectivity index (χ1n) is 7.78. The Morgan fingerprint density at radius 1 is 1.22 bits per heavy atom. The quantitative estimate of drug-likeness (QED) is 0.843. The van der Waals surface area contributed by atoms with Crippen molar-refractivity contribution >= 4 is 33.5 Å². The Hall–Kier alpha value is -1.95. The second kappa shape index (κ2) is 7.08. The summed E-state index contributed by atoms with van der Waals surface area (Å²) < 4.78 is 0.961. The molecule has 1 heterocycles. The zero-order valence-corrected chi connectivity index (χ0v) is 14.6. The maximum Gasteiger partial charge on any atom is 0.258 e. The van der Waals surface area contributed by atoms with Crippen molar-refractivity contribution in [2.75, 3.05) is 10.6 Å². The Morgan fingerprint density at radius 2 is 1.91 bits per heavy atom. The molecule has 0 radical (unpaired) electrons. The lowest BCUT2D eigenvalue weighted by Crippen LogP contribution is -2.18. The van der Waals surface area contributed by atoms with Gasteiger partial charge in [-0.1, -0.05) is 34.8 Å². The molecule has 5 nitrogen and oxygen atoms in total. The molecule has 1 aromatic heterocycles. The normalized spacial score (nSPS) is 14.7. The molecule has 1 fully saturated rings. The number of hydrogen-bond donors (Lipinski definition) is 2. The van der Waals surface area contributed by atoms with Crippen molar-refractivity contribution in [3.63, 3.8) is 0 Å². The lowest BCUT2D eigenvalue weighted by atomic mass is 10.2. The van der Waals surface area contributed by atoms with Crippen molar-refractivity contribution < 1.29 is 4.79 Å². The number of hydrogen-bond acceptors (Lipinski definition) is 4. The molecule has 0 spiro atoms. The van der Waals surface area contributed by atoms with E-state index in [9.17, 15) is 4.79 Å². The second-order valence-corrected chi connectivity index (χ2v) is 6.69. The Bertz CT molecular complexity index is 696. The minimum Gasteiger partial charge on any atom is -0.351 e. The van der Waals surface area contributed by atoms with Crippen LogP contribution in [0.15, 0.2) is 35.1 Å². The molecule has 0 saturated heterocycles. The van der Waals surface area contributed by atoms with Crippen molar-refractivity contribution in [2.45, 2.75) is 38.6 Å². The maximum atomic E-state index is 12.2.